The Bertz CT molecular complexity index is 196. The largest absolute Gasteiger partial charge is 0.412 e. The zero-order valence-electron chi connectivity index (χ0n) is 6.36. The van der Waals surface area contributed by atoms with Crippen molar-refractivity contribution in [2.45, 2.75) is 0 Å². The first-order chi connectivity index (χ1) is 4.61. The van der Waals surface area contributed by atoms with Crippen molar-refractivity contribution in [2.75, 3.05) is 26.3 Å². The van der Waals surface area contributed by atoms with Crippen LogP contribution in [0.1, 0.15) is 0 Å². The molecule has 0 radical (unpaired) electrons. The summed E-state index contributed by atoms with van der Waals surface area (Å²) in [4.78, 5) is 0. The molecule has 1 heterocycles. The third kappa shape index (κ3) is 3.95. The highest BCUT2D eigenvalue weighted by Crippen LogP contribution is 2.00. The van der Waals surface area contributed by atoms with E-state index in [0.29, 0.717) is 13.2 Å². The molecule has 0 unspecified atom stereocenters. The fourth-order valence-corrected chi connectivity index (χ4v) is 1.39. The minimum absolute atomic E-state index is 0. The fourth-order valence-electron chi connectivity index (χ4n) is 0.777. The van der Waals surface area contributed by atoms with Crippen molar-refractivity contribution < 1.29 is 28.7 Å². The summed E-state index contributed by atoms with van der Waals surface area (Å²) >= 11 is 0. The maximum absolute atomic E-state index is 10.4. The summed E-state index contributed by atoms with van der Waals surface area (Å²) in [5.41, 5.74) is 0. The number of rotatable bonds is 1. The van der Waals surface area contributed by atoms with Crippen LogP contribution in [0.4, 0.5) is 0 Å². The molecule has 12 heavy (non-hydrogen) atoms. The van der Waals surface area contributed by atoms with Crippen LogP contribution in [0.25, 0.3) is 0 Å². The first kappa shape index (κ1) is 14.3. The Kier molecular flexibility index (Phi) is 6.43. The number of ether oxygens (including phenoxy) is 1. The molecule has 1 fully saturated rings. The lowest BCUT2D eigenvalue weighted by molar-refractivity contribution is 0.0693. The predicted molar refractivity (Wildman–Crippen MR) is 41.2 cm³/mol. The highest BCUT2D eigenvalue weighted by atomic mass is 32.2. The van der Waals surface area contributed by atoms with Crippen molar-refractivity contribution in [3.05, 3.63) is 0 Å². The molecule has 0 spiro atoms. The van der Waals surface area contributed by atoms with Crippen LogP contribution in [0.2, 0.25) is 0 Å². The molecular weight excluding hydrogens is 190 g/mol. The molecule has 1 aliphatic heterocycles. The summed E-state index contributed by atoms with van der Waals surface area (Å²) in [6.45, 7) is 1.22. The Balaban J connectivity index is 0. The Morgan fingerprint density at radius 2 is 1.58 bits per heavy atom. The molecule has 0 aromatic carbocycles. The van der Waals surface area contributed by atoms with Gasteiger partial charge in [0.1, 0.15) is 0 Å². The average Bonchev–Trinajstić information content (AvgIpc) is 1.88. The molecule has 7 nitrogen and oxygen atoms in total. The van der Waals surface area contributed by atoms with Gasteiger partial charge in [-0.2, -0.15) is 12.7 Å². The summed E-state index contributed by atoms with van der Waals surface area (Å²) in [6, 6.07) is 0. The first-order valence-corrected chi connectivity index (χ1v) is 4.31. The smallest absolute Gasteiger partial charge is 0.336 e. The highest BCUT2D eigenvalue weighted by Gasteiger charge is 2.20. The van der Waals surface area contributed by atoms with Crippen LogP contribution >= 0.6 is 0 Å². The van der Waals surface area contributed by atoms with E-state index in [1.807, 2.05) is 0 Å². The number of morpholine rings is 1. The van der Waals surface area contributed by atoms with Gasteiger partial charge in [0.15, 0.2) is 0 Å². The van der Waals surface area contributed by atoms with E-state index in [2.05, 4.69) is 0 Å². The van der Waals surface area contributed by atoms with Crippen LogP contribution in [-0.2, 0) is 15.0 Å². The van der Waals surface area contributed by atoms with Crippen LogP contribution in [0.3, 0.4) is 0 Å². The molecule has 1 rings (SSSR count). The minimum Gasteiger partial charge on any atom is -0.412 e. The summed E-state index contributed by atoms with van der Waals surface area (Å²) < 4.78 is 35.2. The SMILES string of the molecule is O.O.O=S(=O)(O)N1CCOCC1. The molecule has 0 bridgehead atoms. The van der Waals surface area contributed by atoms with Gasteiger partial charge in [0.05, 0.1) is 13.2 Å². The first-order valence-electron chi connectivity index (χ1n) is 2.91. The molecule has 1 aliphatic rings. The molecule has 0 aromatic rings. The lowest BCUT2D eigenvalue weighted by atomic mass is 10.5. The molecule has 0 atom stereocenters. The summed E-state index contributed by atoms with van der Waals surface area (Å²) in [5, 5.41) is 0. The quantitative estimate of drug-likeness (QED) is 0.471. The van der Waals surface area contributed by atoms with Gasteiger partial charge >= 0.3 is 10.3 Å². The average molecular weight is 203 g/mol. The molecule has 76 valence electrons. The van der Waals surface area contributed by atoms with Crippen molar-refractivity contribution in [1.29, 1.82) is 0 Å². The lowest BCUT2D eigenvalue weighted by Crippen LogP contribution is -2.40. The van der Waals surface area contributed by atoms with E-state index in [-0.39, 0.29) is 24.0 Å². The Morgan fingerprint density at radius 3 is 1.83 bits per heavy atom. The van der Waals surface area contributed by atoms with E-state index in [9.17, 15) is 8.42 Å². The molecule has 8 heteroatoms. The molecular formula is C4H13NO6S. The normalized spacial score (nSPS) is 19.1. The summed E-state index contributed by atoms with van der Waals surface area (Å²) in [7, 11) is -3.97. The van der Waals surface area contributed by atoms with E-state index in [1.54, 1.807) is 0 Å². The van der Waals surface area contributed by atoms with Gasteiger partial charge in [0, 0.05) is 13.1 Å². The Hall–Kier alpha value is -0.250. The monoisotopic (exact) mass is 203 g/mol. The van der Waals surface area contributed by atoms with Gasteiger partial charge in [-0.25, -0.2) is 0 Å². The second-order valence-corrected chi connectivity index (χ2v) is 3.40. The molecule has 5 N–H and O–H groups in total. The van der Waals surface area contributed by atoms with Crippen LogP contribution in [-0.4, -0.2) is 54.5 Å². The number of hydrogen-bond acceptors (Lipinski definition) is 3. The predicted octanol–water partition coefficient (Wildman–Crippen LogP) is -2.53. The second-order valence-electron chi connectivity index (χ2n) is 1.99. The Labute approximate surface area is 70.4 Å². The van der Waals surface area contributed by atoms with E-state index in [1.165, 1.54) is 0 Å². The molecule has 0 aromatic heterocycles. The van der Waals surface area contributed by atoms with Gasteiger partial charge < -0.3 is 15.7 Å². The van der Waals surface area contributed by atoms with Crippen LogP contribution in [0.5, 0.6) is 0 Å². The van der Waals surface area contributed by atoms with Crippen molar-refractivity contribution in [2.24, 2.45) is 0 Å². The van der Waals surface area contributed by atoms with E-state index in [0.717, 1.165) is 4.31 Å². The van der Waals surface area contributed by atoms with Crippen LogP contribution in [0, 0.1) is 0 Å². The third-order valence-electron chi connectivity index (χ3n) is 1.30. The van der Waals surface area contributed by atoms with Crippen LogP contribution < -0.4 is 0 Å². The van der Waals surface area contributed by atoms with E-state index >= 15 is 0 Å². The zero-order chi connectivity index (χ0) is 7.61. The molecule has 0 saturated carbocycles. The number of nitrogens with zero attached hydrogens (tertiary/aromatic N) is 1. The lowest BCUT2D eigenvalue weighted by Gasteiger charge is -2.22. The molecule has 0 aliphatic carbocycles. The zero-order valence-corrected chi connectivity index (χ0v) is 7.17. The highest BCUT2D eigenvalue weighted by molar-refractivity contribution is 7.83. The Morgan fingerprint density at radius 1 is 1.17 bits per heavy atom. The second kappa shape index (κ2) is 5.41. The maximum Gasteiger partial charge on any atom is 0.336 e. The molecule has 1 saturated heterocycles. The van der Waals surface area contributed by atoms with Crippen molar-refractivity contribution in [3.63, 3.8) is 0 Å². The standard InChI is InChI=1S/C4H9NO4S.2H2O/c6-10(7,8)5-1-3-9-4-2-5;;/h1-4H2,(H,6,7,8);2*1H2. The van der Waals surface area contributed by atoms with Gasteiger partial charge in [-0.3, -0.25) is 4.55 Å². The van der Waals surface area contributed by atoms with Gasteiger partial charge in [-0.15, -0.1) is 0 Å². The maximum atomic E-state index is 10.4. The van der Waals surface area contributed by atoms with Gasteiger partial charge in [-0.05, 0) is 0 Å². The van der Waals surface area contributed by atoms with Crippen LogP contribution in [0.15, 0.2) is 0 Å². The summed E-state index contributed by atoms with van der Waals surface area (Å²) in [6.07, 6.45) is 0. The van der Waals surface area contributed by atoms with Crippen molar-refractivity contribution in [3.8, 4) is 0 Å². The van der Waals surface area contributed by atoms with E-state index in [4.69, 9.17) is 9.29 Å². The van der Waals surface area contributed by atoms with E-state index < -0.39 is 10.3 Å². The summed E-state index contributed by atoms with van der Waals surface area (Å²) in [5.74, 6) is 0. The molecule has 0 amide bonds. The van der Waals surface area contributed by atoms with Gasteiger partial charge in [0.25, 0.3) is 0 Å². The van der Waals surface area contributed by atoms with Gasteiger partial charge in [0.2, 0.25) is 0 Å². The third-order valence-corrected chi connectivity index (χ3v) is 2.31. The van der Waals surface area contributed by atoms with Crippen molar-refractivity contribution >= 4 is 10.3 Å². The topological polar surface area (TPSA) is 130 Å². The van der Waals surface area contributed by atoms with Gasteiger partial charge in [-0.1, -0.05) is 0 Å². The fraction of sp³-hybridized carbons (Fsp3) is 1.00. The number of hydrogen-bond donors (Lipinski definition) is 1. The van der Waals surface area contributed by atoms with Crippen molar-refractivity contribution in [1.82, 2.24) is 4.31 Å². The minimum atomic E-state index is -3.97.